The van der Waals surface area contributed by atoms with E-state index in [4.69, 9.17) is 0 Å². The van der Waals surface area contributed by atoms with Crippen LogP contribution in [0.4, 0.5) is 19.1 Å². The van der Waals surface area contributed by atoms with Gasteiger partial charge in [-0.25, -0.2) is 17.7 Å². The molecule has 1 saturated carbocycles. The second-order valence-electron chi connectivity index (χ2n) is 8.44. The van der Waals surface area contributed by atoms with Crippen LogP contribution in [0.1, 0.15) is 51.6 Å². The molecule has 2 aromatic heterocycles. The van der Waals surface area contributed by atoms with E-state index in [1.165, 1.54) is 12.3 Å². The van der Waals surface area contributed by atoms with E-state index >= 15 is 0 Å². The fourth-order valence-electron chi connectivity index (χ4n) is 4.53. The minimum atomic E-state index is -4.78. The molecular formula is C20H25F3N6O3S. The lowest BCUT2D eigenvalue weighted by Gasteiger charge is -2.31. The quantitative estimate of drug-likeness (QED) is 0.690. The van der Waals surface area contributed by atoms with Crippen LogP contribution < -0.4 is 10.9 Å². The number of pyridine rings is 1. The number of nitrogens with zero attached hydrogens (tertiary/aromatic N) is 5. The number of rotatable bonds is 5. The van der Waals surface area contributed by atoms with Crippen LogP contribution in [-0.4, -0.2) is 58.3 Å². The molecule has 180 valence electrons. The van der Waals surface area contributed by atoms with Gasteiger partial charge in [0.25, 0.3) is 5.56 Å². The van der Waals surface area contributed by atoms with Crippen LogP contribution in [0.5, 0.6) is 0 Å². The predicted molar refractivity (Wildman–Crippen MR) is 116 cm³/mol. The Balaban J connectivity index is 0.00000324. The number of nitrogens with one attached hydrogen (secondary N) is 1. The Kier molecular flexibility index (Phi) is 6.32. The topological polar surface area (TPSA) is 121 Å². The van der Waals surface area contributed by atoms with Crippen molar-refractivity contribution in [2.75, 3.05) is 24.2 Å². The van der Waals surface area contributed by atoms with Crippen LogP contribution in [0.3, 0.4) is 0 Å². The molecule has 0 aromatic carbocycles. The van der Waals surface area contributed by atoms with Crippen LogP contribution in [0, 0.1) is 11.3 Å². The normalized spacial score (nSPS) is 19.1. The number of nitriles is 1. The molecule has 13 heteroatoms. The average molecular weight is 487 g/mol. The fraction of sp³-hybridized carbons (Fsp3) is 0.600. The number of alkyl halides is 3. The SMILES string of the molecule is N#Cc1cc2cnc(NC3CCN(S(=O)(=O)CC(F)(F)F)CC3)nc2n(C2CCCC2)c1=O.[HH]. The average Bonchev–Trinajstić information content (AvgIpc) is 3.26. The van der Waals surface area contributed by atoms with Gasteiger partial charge < -0.3 is 5.32 Å². The van der Waals surface area contributed by atoms with Crippen molar-refractivity contribution in [3.63, 3.8) is 0 Å². The van der Waals surface area contributed by atoms with Gasteiger partial charge in [-0.1, -0.05) is 12.8 Å². The molecule has 33 heavy (non-hydrogen) atoms. The molecule has 3 heterocycles. The Labute approximate surface area is 189 Å². The lowest BCUT2D eigenvalue weighted by molar-refractivity contribution is -0.107. The zero-order valence-electron chi connectivity index (χ0n) is 17.7. The molecule has 9 nitrogen and oxygen atoms in total. The maximum atomic E-state index is 12.8. The van der Waals surface area contributed by atoms with E-state index in [1.54, 1.807) is 4.57 Å². The Morgan fingerprint density at radius 2 is 1.88 bits per heavy atom. The molecule has 2 fully saturated rings. The molecule has 1 aliphatic carbocycles. The number of hydrogen-bond acceptors (Lipinski definition) is 7. The van der Waals surface area contributed by atoms with Crippen molar-refractivity contribution in [2.45, 2.75) is 56.8 Å². The first-order chi connectivity index (χ1) is 15.6. The minimum Gasteiger partial charge on any atom is -0.351 e. The summed E-state index contributed by atoms with van der Waals surface area (Å²) >= 11 is 0. The van der Waals surface area contributed by atoms with Crippen LogP contribution in [-0.2, 0) is 10.0 Å². The summed E-state index contributed by atoms with van der Waals surface area (Å²) in [5.41, 5.74) is 0.0736. The number of halogens is 3. The van der Waals surface area contributed by atoms with E-state index in [-0.39, 0.29) is 43.7 Å². The lowest BCUT2D eigenvalue weighted by atomic mass is 10.1. The number of anilines is 1. The van der Waals surface area contributed by atoms with Crippen LogP contribution in [0.15, 0.2) is 17.1 Å². The molecule has 0 atom stereocenters. The van der Waals surface area contributed by atoms with Gasteiger partial charge in [0, 0.05) is 38.2 Å². The molecule has 0 radical (unpaired) electrons. The van der Waals surface area contributed by atoms with E-state index in [1.807, 2.05) is 6.07 Å². The van der Waals surface area contributed by atoms with E-state index in [9.17, 15) is 31.6 Å². The van der Waals surface area contributed by atoms with Gasteiger partial charge in [0.1, 0.15) is 17.3 Å². The zero-order valence-corrected chi connectivity index (χ0v) is 18.5. The zero-order chi connectivity index (χ0) is 23.8. The van der Waals surface area contributed by atoms with Gasteiger partial charge in [-0.05, 0) is 31.7 Å². The summed E-state index contributed by atoms with van der Waals surface area (Å²) in [6.45, 7) is -0.0794. The Morgan fingerprint density at radius 3 is 2.48 bits per heavy atom. The summed E-state index contributed by atoms with van der Waals surface area (Å²) < 4.78 is 64.0. The maximum Gasteiger partial charge on any atom is 0.404 e. The number of hydrogen-bond donors (Lipinski definition) is 1. The number of aromatic nitrogens is 3. The van der Waals surface area contributed by atoms with Crippen molar-refractivity contribution in [3.8, 4) is 6.07 Å². The first-order valence-corrected chi connectivity index (χ1v) is 12.3. The van der Waals surface area contributed by atoms with Crippen molar-refractivity contribution >= 4 is 27.0 Å². The third kappa shape index (κ3) is 5.11. The summed E-state index contributed by atoms with van der Waals surface area (Å²) in [4.78, 5) is 21.6. The molecule has 0 bridgehead atoms. The smallest absolute Gasteiger partial charge is 0.351 e. The summed E-state index contributed by atoms with van der Waals surface area (Å²) in [6.07, 6.45) is 0.946. The third-order valence-electron chi connectivity index (χ3n) is 6.11. The van der Waals surface area contributed by atoms with E-state index < -0.39 is 22.0 Å². The van der Waals surface area contributed by atoms with Crippen molar-refractivity contribution in [2.24, 2.45) is 0 Å². The van der Waals surface area contributed by atoms with Crippen LogP contribution >= 0.6 is 0 Å². The standard InChI is InChI=1S/C20H23F3N6O3S.H2/c21-20(22,23)12-33(31,32)28-7-5-15(6-8-28)26-19-25-11-14-9-13(10-24)18(30)29(17(14)27-19)16-3-1-2-4-16;/h9,11,15-16H,1-8,12H2,(H,25,26,27);1H. The van der Waals surface area contributed by atoms with Crippen LogP contribution in [0.2, 0.25) is 0 Å². The molecule has 1 N–H and O–H groups in total. The summed E-state index contributed by atoms with van der Waals surface area (Å²) in [5.74, 6) is -1.62. The Morgan fingerprint density at radius 1 is 1.21 bits per heavy atom. The van der Waals surface area contributed by atoms with Gasteiger partial charge in [-0.3, -0.25) is 9.36 Å². The highest BCUT2D eigenvalue weighted by molar-refractivity contribution is 7.89. The van der Waals surface area contributed by atoms with Gasteiger partial charge in [-0.15, -0.1) is 0 Å². The van der Waals surface area contributed by atoms with Gasteiger partial charge >= 0.3 is 6.18 Å². The molecule has 4 rings (SSSR count). The van der Waals surface area contributed by atoms with Crippen molar-refractivity contribution in [3.05, 3.63) is 28.2 Å². The third-order valence-corrected chi connectivity index (χ3v) is 7.95. The highest BCUT2D eigenvalue weighted by Gasteiger charge is 2.39. The summed E-state index contributed by atoms with van der Waals surface area (Å²) in [7, 11) is -4.41. The Hall–Kier alpha value is -2.72. The first-order valence-electron chi connectivity index (χ1n) is 10.7. The monoisotopic (exact) mass is 486 g/mol. The molecule has 0 spiro atoms. The van der Waals surface area contributed by atoms with Gasteiger partial charge in [-0.2, -0.15) is 23.4 Å². The van der Waals surface area contributed by atoms with Crippen molar-refractivity contribution in [1.29, 1.82) is 5.26 Å². The van der Waals surface area contributed by atoms with Gasteiger partial charge in [0.15, 0.2) is 5.75 Å². The van der Waals surface area contributed by atoms with E-state index in [0.717, 1.165) is 30.0 Å². The molecule has 0 unspecified atom stereocenters. The summed E-state index contributed by atoms with van der Waals surface area (Å²) in [6, 6.07) is 3.13. The molecule has 0 amide bonds. The molecule has 1 saturated heterocycles. The molecule has 1 aliphatic heterocycles. The van der Waals surface area contributed by atoms with Gasteiger partial charge in [0.05, 0.1) is 0 Å². The van der Waals surface area contributed by atoms with E-state index in [0.29, 0.717) is 23.9 Å². The second kappa shape index (κ2) is 8.90. The van der Waals surface area contributed by atoms with Crippen molar-refractivity contribution in [1.82, 2.24) is 18.8 Å². The first kappa shape index (κ1) is 23.4. The van der Waals surface area contributed by atoms with Crippen molar-refractivity contribution < 1.29 is 23.0 Å². The molecule has 2 aromatic rings. The van der Waals surface area contributed by atoms with E-state index in [2.05, 4.69) is 15.3 Å². The lowest BCUT2D eigenvalue weighted by Crippen LogP contribution is -2.45. The van der Waals surface area contributed by atoms with Crippen LogP contribution in [0.25, 0.3) is 11.0 Å². The number of fused-ring (bicyclic) bond motifs is 1. The van der Waals surface area contributed by atoms with Gasteiger partial charge in [0.2, 0.25) is 16.0 Å². The Bertz CT molecular complexity index is 1250. The number of sulfonamides is 1. The largest absolute Gasteiger partial charge is 0.404 e. The highest BCUT2D eigenvalue weighted by Crippen LogP contribution is 2.31. The fourth-order valence-corrected chi connectivity index (χ4v) is 5.89. The summed E-state index contributed by atoms with van der Waals surface area (Å²) in [5, 5.41) is 13.0. The second-order valence-corrected chi connectivity index (χ2v) is 10.4. The highest BCUT2D eigenvalue weighted by atomic mass is 32.2. The minimum absolute atomic E-state index is 0. The molecular weight excluding hydrogens is 461 g/mol. The predicted octanol–water partition coefficient (Wildman–Crippen LogP) is 2.79. The number of piperidine rings is 1. The molecule has 2 aliphatic rings. The maximum absolute atomic E-state index is 12.8.